The maximum Gasteiger partial charge on any atom is 0.303 e. The molecular weight excluding hydrogens is 274 g/mol. The van der Waals surface area contributed by atoms with E-state index in [9.17, 15) is 4.79 Å². The number of hydrogen-bond donors (Lipinski definition) is 0. The molecule has 0 saturated carbocycles. The fourth-order valence-electron chi connectivity index (χ4n) is 2.60. The molecule has 120 valence electrons. The molecule has 0 aromatic rings. The van der Waals surface area contributed by atoms with Crippen molar-refractivity contribution in [3.8, 4) is 0 Å². The van der Waals surface area contributed by atoms with Gasteiger partial charge in [0, 0.05) is 24.3 Å². The highest BCUT2D eigenvalue weighted by Crippen LogP contribution is 2.34. The zero-order valence-corrected chi connectivity index (χ0v) is 13.2. The number of esters is 1. The van der Waals surface area contributed by atoms with Crippen molar-refractivity contribution in [3.63, 3.8) is 0 Å². The predicted molar refractivity (Wildman–Crippen MR) is 77.4 cm³/mol. The molecule has 1 rings (SSSR count). The first kappa shape index (κ1) is 17.8. The fourth-order valence-corrected chi connectivity index (χ4v) is 2.60. The minimum atomic E-state index is -0.559. The predicted octanol–water partition coefficient (Wildman–Crippen LogP) is 3.04. The lowest BCUT2D eigenvalue weighted by Crippen LogP contribution is -2.51. The Kier molecular flexibility index (Phi) is 7.50. The maximum atomic E-state index is 11.3. The van der Waals surface area contributed by atoms with Gasteiger partial charge in [-0.25, -0.2) is 0 Å². The summed E-state index contributed by atoms with van der Waals surface area (Å²) in [5.74, 6) is 0.123. The Morgan fingerprint density at radius 3 is 2.67 bits per heavy atom. The summed E-state index contributed by atoms with van der Waals surface area (Å²) in [4.78, 5) is 14.0. The molecule has 1 aliphatic rings. The Labute approximate surface area is 125 Å². The lowest BCUT2D eigenvalue weighted by atomic mass is 9.82. The monoisotopic (exact) mass is 299 g/mol. The van der Waals surface area contributed by atoms with Gasteiger partial charge < -0.3 is 14.2 Å². The van der Waals surface area contributed by atoms with Gasteiger partial charge in [-0.3, -0.25) is 4.79 Å². The number of azide groups is 1. The summed E-state index contributed by atoms with van der Waals surface area (Å²) >= 11 is 0. The van der Waals surface area contributed by atoms with E-state index in [-0.39, 0.29) is 18.0 Å². The van der Waals surface area contributed by atoms with E-state index in [1.54, 1.807) is 0 Å². The third-order valence-electron chi connectivity index (χ3n) is 3.96. The molecule has 0 N–H and O–H groups in total. The molecule has 0 bridgehead atoms. The van der Waals surface area contributed by atoms with Crippen molar-refractivity contribution in [2.75, 3.05) is 13.2 Å². The number of hydrogen-bond acceptors (Lipinski definition) is 5. The molecule has 0 aromatic carbocycles. The molecule has 0 radical (unpaired) electrons. The molecule has 5 atom stereocenters. The Hall–Kier alpha value is -1.30. The lowest BCUT2D eigenvalue weighted by molar-refractivity contribution is -0.275. The largest absolute Gasteiger partial charge is 0.457 e. The molecule has 0 aliphatic carbocycles. The van der Waals surface area contributed by atoms with E-state index in [2.05, 4.69) is 30.8 Å². The van der Waals surface area contributed by atoms with Crippen molar-refractivity contribution in [1.82, 2.24) is 0 Å². The first-order valence-corrected chi connectivity index (χ1v) is 7.46. The van der Waals surface area contributed by atoms with Crippen LogP contribution in [-0.2, 0) is 19.0 Å². The first-order chi connectivity index (χ1) is 10.0. The van der Waals surface area contributed by atoms with Crippen LogP contribution in [0.4, 0.5) is 0 Å². The van der Waals surface area contributed by atoms with E-state index in [0.717, 1.165) is 6.42 Å². The number of carbonyl (C=O) groups is 1. The third kappa shape index (κ3) is 5.19. The van der Waals surface area contributed by atoms with Crippen LogP contribution < -0.4 is 0 Å². The van der Waals surface area contributed by atoms with E-state index in [4.69, 9.17) is 19.7 Å². The Morgan fingerprint density at radius 1 is 1.38 bits per heavy atom. The van der Waals surface area contributed by atoms with E-state index >= 15 is 0 Å². The minimum absolute atomic E-state index is 0.0916. The second-order valence-electron chi connectivity index (χ2n) is 5.42. The molecule has 7 heteroatoms. The van der Waals surface area contributed by atoms with E-state index in [1.807, 2.05) is 0 Å². The fraction of sp³-hybridized carbons (Fsp3) is 0.929. The zero-order valence-electron chi connectivity index (χ0n) is 13.2. The SMILES string of the molecule is CCC1O[C@H](OCCCN=[N+]=[N-])C(OC(C)=O)[C@@H](C)[C@@H]1C. The second-order valence-corrected chi connectivity index (χ2v) is 5.42. The number of nitrogens with zero attached hydrogens (tertiary/aromatic N) is 3. The lowest BCUT2D eigenvalue weighted by Gasteiger charge is -2.43. The summed E-state index contributed by atoms with van der Waals surface area (Å²) in [7, 11) is 0. The Morgan fingerprint density at radius 2 is 2.10 bits per heavy atom. The Balaban J connectivity index is 2.64. The summed E-state index contributed by atoms with van der Waals surface area (Å²) in [5.41, 5.74) is 8.22. The van der Waals surface area contributed by atoms with Gasteiger partial charge in [-0.15, -0.1) is 0 Å². The molecule has 1 heterocycles. The van der Waals surface area contributed by atoms with E-state index in [1.165, 1.54) is 6.92 Å². The van der Waals surface area contributed by atoms with Crippen molar-refractivity contribution < 1.29 is 19.0 Å². The van der Waals surface area contributed by atoms with Crippen LogP contribution >= 0.6 is 0 Å². The van der Waals surface area contributed by atoms with Crippen LogP contribution in [0.25, 0.3) is 10.4 Å². The summed E-state index contributed by atoms with van der Waals surface area (Å²) < 4.78 is 17.0. The number of ether oxygens (including phenoxy) is 3. The standard InChI is InChI=1S/C14H25N3O4/c1-5-12-9(2)10(3)13(20-11(4)18)14(21-12)19-8-6-7-16-17-15/h9-10,12-14H,5-8H2,1-4H3/t9-,10-,12?,13?,14-/m0/s1. The van der Waals surface area contributed by atoms with Crippen molar-refractivity contribution in [2.45, 2.75) is 59.0 Å². The van der Waals surface area contributed by atoms with Gasteiger partial charge in [-0.05, 0) is 24.3 Å². The highest BCUT2D eigenvalue weighted by Gasteiger charge is 2.43. The van der Waals surface area contributed by atoms with Crippen LogP contribution in [0.1, 0.15) is 40.5 Å². The molecule has 0 spiro atoms. The van der Waals surface area contributed by atoms with Gasteiger partial charge >= 0.3 is 5.97 Å². The minimum Gasteiger partial charge on any atom is -0.457 e. The third-order valence-corrected chi connectivity index (χ3v) is 3.96. The molecular formula is C14H25N3O4. The topological polar surface area (TPSA) is 93.5 Å². The number of carbonyl (C=O) groups excluding carboxylic acids is 1. The smallest absolute Gasteiger partial charge is 0.303 e. The van der Waals surface area contributed by atoms with Crippen molar-refractivity contribution >= 4 is 5.97 Å². The van der Waals surface area contributed by atoms with E-state index in [0.29, 0.717) is 25.5 Å². The molecule has 21 heavy (non-hydrogen) atoms. The molecule has 1 aliphatic heterocycles. The molecule has 1 fully saturated rings. The summed E-state index contributed by atoms with van der Waals surface area (Å²) in [5, 5.41) is 3.45. The molecule has 7 nitrogen and oxygen atoms in total. The van der Waals surface area contributed by atoms with Gasteiger partial charge in [-0.2, -0.15) is 0 Å². The molecule has 2 unspecified atom stereocenters. The van der Waals surface area contributed by atoms with Crippen LogP contribution in [0.3, 0.4) is 0 Å². The van der Waals surface area contributed by atoms with Crippen molar-refractivity contribution in [2.24, 2.45) is 17.0 Å². The summed E-state index contributed by atoms with van der Waals surface area (Å²) in [6.45, 7) is 8.40. The van der Waals surface area contributed by atoms with Crippen LogP contribution in [0, 0.1) is 11.8 Å². The van der Waals surface area contributed by atoms with Gasteiger partial charge in [0.15, 0.2) is 12.4 Å². The van der Waals surface area contributed by atoms with Gasteiger partial charge in [0.25, 0.3) is 0 Å². The van der Waals surface area contributed by atoms with Gasteiger partial charge in [0.05, 0.1) is 12.7 Å². The number of rotatable bonds is 7. The van der Waals surface area contributed by atoms with Crippen LogP contribution in [0.2, 0.25) is 0 Å². The van der Waals surface area contributed by atoms with E-state index < -0.39 is 12.4 Å². The first-order valence-electron chi connectivity index (χ1n) is 7.46. The molecule has 0 aromatic heterocycles. The summed E-state index contributed by atoms with van der Waals surface area (Å²) in [6, 6.07) is 0. The second kappa shape index (κ2) is 8.87. The van der Waals surface area contributed by atoms with Crippen molar-refractivity contribution in [1.29, 1.82) is 0 Å². The Bertz CT molecular complexity index is 384. The average molecular weight is 299 g/mol. The molecule has 0 amide bonds. The zero-order chi connectivity index (χ0) is 15.8. The van der Waals surface area contributed by atoms with Crippen molar-refractivity contribution in [3.05, 3.63) is 10.4 Å². The van der Waals surface area contributed by atoms with Gasteiger partial charge in [0.2, 0.25) is 0 Å². The summed E-state index contributed by atoms with van der Waals surface area (Å²) in [6.07, 6.45) is 0.624. The van der Waals surface area contributed by atoms with Crippen LogP contribution in [0.15, 0.2) is 5.11 Å². The molecule has 1 saturated heterocycles. The quantitative estimate of drug-likeness (QED) is 0.237. The van der Waals surface area contributed by atoms with Gasteiger partial charge in [-0.1, -0.05) is 25.9 Å². The van der Waals surface area contributed by atoms with Crippen LogP contribution in [0.5, 0.6) is 0 Å². The van der Waals surface area contributed by atoms with Crippen LogP contribution in [-0.4, -0.2) is 37.6 Å². The average Bonchev–Trinajstić information content (AvgIpc) is 2.45. The van der Waals surface area contributed by atoms with Gasteiger partial charge in [0.1, 0.15) is 0 Å². The maximum absolute atomic E-state index is 11.3. The normalized spacial score (nSPS) is 32.3. The highest BCUT2D eigenvalue weighted by atomic mass is 16.7. The highest BCUT2D eigenvalue weighted by molar-refractivity contribution is 5.66.